The van der Waals surface area contributed by atoms with Crippen LogP contribution in [0.1, 0.15) is 18.1 Å². The van der Waals surface area contributed by atoms with E-state index in [0.717, 1.165) is 22.5 Å². The molecule has 0 spiro atoms. The fourth-order valence-corrected chi connectivity index (χ4v) is 2.92. The van der Waals surface area contributed by atoms with Gasteiger partial charge in [-0.05, 0) is 47.5 Å². The maximum Gasteiger partial charge on any atom is 0.303 e. The number of benzene rings is 2. The van der Waals surface area contributed by atoms with Gasteiger partial charge >= 0.3 is 5.97 Å². The number of rotatable bonds is 3. The standard InChI is InChI=1S/C12H12N2O4.C8H8N2O/c1-7(15)18-6-12(17)13-9-2-3-10-8(4-9)5-11(16)14-10;9-6-1-2-7-5(3-6)4-8(11)10-7/h2-4H,5-6H2,1H3,(H,13,17)(H,14,16);1-3H,4,9H2,(H,10,11). The van der Waals surface area contributed by atoms with Gasteiger partial charge in [-0.15, -0.1) is 0 Å². The molecule has 0 saturated carbocycles. The molecule has 0 unspecified atom stereocenters. The van der Waals surface area contributed by atoms with Crippen molar-refractivity contribution in [2.24, 2.45) is 0 Å². The first-order valence-corrected chi connectivity index (χ1v) is 8.84. The second-order valence-electron chi connectivity index (χ2n) is 6.57. The lowest BCUT2D eigenvalue weighted by Gasteiger charge is -2.06. The lowest BCUT2D eigenvalue weighted by molar-refractivity contribution is -0.144. The van der Waals surface area contributed by atoms with Crippen LogP contribution in [0.3, 0.4) is 0 Å². The number of anilines is 4. The van der Waals surface area contributed by atoms with Crippen LogP contribution < -0.4 is 21.7 Å². The molecule has 9 nitrogen and oxygen atoms in total. The average molecular weight is 396 g/mol. The van der Waals surface area contributed by atoms with Crippen LogP contribution in [0.15, 0.2) is 36.4 Å². The Balaban J connectivity index is 0.000000186. The molecule has 0 fully saturated rings. The average Bonchev–Trinajstić information content (AvgIpc) is 3.20. The Morgan fingerprint density at radius 3 is 2.21 bits per heavy atom. The number of amides is 3. The summed E-state index contributed by atoms with van der Waals surface area (Å²) in [6, 6.07) is 10.6. The van der Waals surface area contributed by atoms with Crippen molar-refractivity contribution in [1.29, 1.82) is 0 Å². The van der Waals surface area contributed by atoms with E-state index in [1.165, 1.54) is 6.92 Å². The summed E-state index contributed by atoms with van der Waals surface area (Å²) in [5.41, 5.74) is 10.3. The highest BCUT2D eigenvalue weighted by atomic mass is 16.5. The van der Waals surface area contributed by atoms with Crippen molar-refractivity contribution in [3.8, 4) is 0 Å². The van der Waals surface area contributed by atoms with Gasteiger partial charge < -0.3 is 26.4 Å². The van der Waals surface area contributed by atoms with E-state index in [9.17, 15) is 19.2 Å². The molecule has 2 aliphatic heterocycles. The molecule has 0 bridgehead atoms. The molecular formula is C20H20N4O5. The van der Waals surface area contributed by atoms with Gasteiger partial charge in [0.15, 0.2) is 6.61 Å². The van der Waals surface area contributed by atoms with Crippen LogP contribution in [0, 0.1) is 0 Å². The summed E-state index contributed by atoms with van der Waals surface area (Å²) < 4.78 is 4.57. The first-order valence-electron chi connectivity index (χ1n) is 8.84. The third-order valence-corrected chi connectivity index (χ3v) is 4.18. The number of carbonyl (C=O) groups is 4. The summed E-state index contributed by atoms with van der Waals surface area (Å²) in [6.07, 6.45) is 0.767. The lowest BCUT2D eigenvalue weighted by Crippen LogP contribution is -2.19. The van der Waals surface area contributed by atoms with Gasteiger partial charge in [-0.25, -0.2) is 0 Å². The van der Waals surface area contributed by atoms with E-state index in [1.807, 2.05) is 12.1 Å². The normalized spacial score (nSPS) is 13.3. The Kier molecular flexibility index (Phi) is 5.77. The molecule has 0 atom stereocenters. The molecule has 0 aromatic heterocycles. The number of fused-ring (bicyclic) bond motifs is 2. The predicted octanol–water partition coefficient (Wildman–Crippen LogP) is 1.45. The van der Waals surface area contributed by atoms with Crippen LogP contribution in [0.2, 0.25) is 0 Å². The van der Waals surface area contributed by atoms with E-state index in [1.54, 1.807) is 24.3 Å². The highest BCUT2D eigenvalue weighted by molar-refractivity contribution is 6.01. The van der Waals surface area contributed by atoms with Crippen LogP contribution in [0.4, 0.5) is 22.7 Å². The van der Waals surface area contributed by atoms with Crippen molar-refractivity contribution >= 4 is 46.4 Å². The van der Waals surface area contributed by atoms with E-state index in [2.05, 4.69) is 20.7 Å². The third-order valence-electron chi connectivity index (χ3n) is 4.18. The molecule has 0 radical (unpaired) electrons. The summed E-state index contributed by atoms with van der Waals surface area (Å²) in [4.78, 5) is 44.0. The lowest BCUT2D eigenvalue weighted by atomic mass is 10.1. The maximum atomic E-state index is 11.4. The van der Waals surface area contributed by atoms with Gasteiger partial charge in [-0.2, -0.15) is 0 Å². The van der Waals surface area contributed by atoms with Crippen molar-refractivity contribution in [1.82, 2.24) is 0 Å². The molecule has 3 amide bonds. The Bertz CT molecular complexity index is 1000. The van der Waals surface area contributed by atoms with Gasteiger partial charge in [-0.1, -0.05) is 0 Å². The molecule has 4 rings (SSSR count). The van der Waals surface area contributed by atoms with E-state index >= 15 is 0 Å². The van der Waals surface area contributed by atoms with Crippen LogP contribution in [-0.4, -0.2) is 30.3 Å². The van der Waals surface area contributed by atoms with Crippen molar-refractivity contribution < 1.29 is 23.9 Å². The molecule has 2 aromatic rings. The van der Waals surface area contributed by atoms with Crippen LogP contribution >= 0.6 is 0 Å². The fraction of sp³-hybridized carbons (Fsp3) is 0.200. The number of carbonyl (C=O) groups excluding carboxylic acids is 4. The van der Waals surface area contributed by atoms with Crippen molar-refractivity contribution in [2.75, 3.05) is 28.3 Å². The third kappa shape index (κ3) is 5.32. The summed E-state index contributed by atoms with van der Waals surface area (Å²) in [6.45, 7) is 0.920. The fourth-order valence-electron chi connectivity index (χ4n) is 2.92. The quantitative estimate of drug-likeness (QED) is 0.457. The van der Waals surface area contributed by atoms with E-state index < -0.39 is 11.9 Å². The molecular weight excluding hydrogens is 376 g/mol. The monoisotopic (exact) mass is 396 g/mol. The second-order valence-corrected chi connectivity index (χ2v) is 6.57. The molecule has 150 valence electrons. The number of hydrogen-bond donors (Lipinski definition) is 4. The zero-order valence-electron chi connectivity index (χ0n) is 15.7. The maximum absolute atomic E-state index is 11.4. The summed E-state index contributed by atoms with van der Waals surface area (Å²) in [5, 5.41) is 8.01. The highest BCUT2D eigenvalue weighted by Crippen LogP contribution is 2.26. The van der Waals surface area contributed by atoms with Gasteiger partial charge in [0, 0.05) is 29.7 Å². The SMILES string of the molecule is CC(=O)OCC(=O)Nc1ccc2c(c1)CC(=O)N2.Nc1ccc2c(c1)CC(=O)N2. The molecule has 29 heavy (non-hydrogen) atoms. The first-order chi connectivity index (χ1) is 13.8. The number of esters is 1. The molecule has 2 heterocycles. The Morgan fingerprint density at radius 1 is 1.00 bits per heavy atom. The number of nitrogens with one attached hydrogen (secondary N) is 3. The summed E-state index contributed by atoms with van der Waals surface area (Å²) in [7, 11) is 0. The minimum Gasteiger partial charge on any atom is -0.456 e. The van der Waals surface area contributed by atoms with Crippen LogP contribution in [-0.2, 0) is 36.8 Å². The Hall–Kier alpha value is -3.88. The van der Waals surface area contributed by atoms with E-state index in [0.29, 0.717) is 24.2 Å². The second kappa shape index (κ2) is 8.42. The van der Waals surface area contributed by atoms with Crippen molar-refractivity contribution in [2.45, 2.75) is 19.8 Å². The minimum atomic E-state index is -0.506. The van der Waals surface area contributed by atoms with Crippen LogP contribution in [0.25, 0.3) is 0 Å². The van der Waals surface area contributed by atoms with Crippen molar-refractivity contribution in [3.05, 3.63) is 47.5 Å². The zero-order chi connectivity index (χ0) is 21.0. The topological polar surface area (TPSA) is 140 Å². The first kappa shape index (κ1) is 19.9. The van der Waals surface area contributed by atoms with E-state index in [-0.39, 0.29) is 18.4 Å². The molecule has 0 aliphatic carbocycles. The van der Waals surface area contributed by atoms with Gasteiger partial charge in [0.1, 0.15) is 0 Å². The van der Waals surface area contributed by atoms with E-state index in [4.69, 9.17) is 5.73 Å². The zero-order valence-corrected chi connectivity index (χ0v) is 15.7. The Morgan fingerprint density at radius 2 is 1.59 bits per heavy atom. The highest BCUT2D eigenvalue weighted by Gasteiger charge is 2.18. The number of nitrogens with two attached hydrogens (primary N) is 1. The van der Waals surface area contributed by atoms with Gasteiger partial charge in [-0.3, -0.25) is 19.2 Å². The number of nitrogen functional groups attached to an aromatic ring is 1. The van der Waals surface area contributed by atoms with Crippen LogP contribution in [0.5, 0.6) is 0 Å². The Labute approximate surface area is 166 Å². The van der Waals surface area contributed by atoms with Gasteiger partial charge in [0.05, 0.1) is 12.8 Å². The largest absolute Gasteiger partial charge is 0.456 e. The van der Waals surface area contributed by atoms with Gasteiger partial charge in [0.25, 0.3) is 5.91 Å². The smallest absolute Gasteiger partial charge is 0.303 e. The summed E-state index contributed by atoms with van der Waals surface area (Å²) >= 11 is 0. The molecule has 9 heteroatoms. The number of hydrogen-bond acceptors (Lipinski definition) is 6. The minimum absolute atomic E-state index is 0.0469. The summed E-state index contributed by atoms with van der Waals surface area (Å²) in [5.74, 6) is -0.935. The molecule has 5 N–H and O–H groups in total. The predicted molar refractivity (Wildman–Crippen MR) is 107 cm³/mol. The number of ether oxygens (including phenoxy) is 1. The van der Waals surface area contributed by atoms with Gasteiger partial charge in [0.2, 0.25) is 11.8 Å². The molecule has 2 aromatic carbocycles. The van der Waals surface area contributed by atoms with Crippen molar-refractivity contribution in [3.63, 3.8) is 0 Å². The molecule has 2 aliphatic rings. The molecule has 0 saturated heterocycles.